The summed E-state index contributed by atoms with van der Waals surface area (Å²) in [6.45, 7) is 4.94. The van der Waals surface area contributed by atoms with E-state index in [0.717, 1.165) is 18.4 Å². The molecular formula is C18H26O2. The highest BCUT2D eigenvalue weighted by Gasteiger charge is 2.06. The Hall–Kier alpha value is -1.57. The zero-order valence-corrected chi connectivity index (χ0v) is 12.7. The maximum absolute atomic E-state index is 11.6. The minimum atomic E-state index is -0.251. The first-order chi connectivity index (χ1) is 9.76. The van der Waals surface area contributed by atoms with Crippen LogP contribution in [-0.4, -0.2) is 12.6 Å². The molecular weight excluding hydrogens is 248 g/mol. The minimum absolute atomic E-state index is 0.251. The van der Waals surface area contributed by atoms with Crippen molar-refractivity contribution in [2.75, 3.05) is 6.61 Å². The van der Waals surface area contributed by atoms with Crippen LogP contribution in [0.1, 0.15) is 51.5 Å². The number of rotatable bonds is 9. The van der Waals surface area contributed by atoms with Crippen LogP contribution in [0.25, 0.3) is 6.08 Å². The summed E-state index contributed by atoms with van der Waals surface area (Å²) in [5, 5.41) is 0. The lowest BCUT2D eigenvalue weighted by Crippen LogP contribution is -2.08. The fourth-order valence-corrected chi connectivity index (χ4v) is 2.15. The van der Waals surface area contributed by atoms with Gasteiger partial charge in [0.2, 0.25) is 0 Å². The predicted molar refractivity (Wildman–Crippen MR) is 84.4 cm³/mol. The van der Waals surface area contributed by atoms with Crippen molar-refractivity contribution >= 4 is 12.0 Å². The molecule has 2 heteroatoms. The Morgan fingerprint density at radius 3 is 2.60 bits per heavy atom. The molecule has 0 aromatic heterocycles. The highest BCUT2D eigenvalue weighted by Crippen LogP contribution is 2.16. The van der Waals surface area contributed by atoms with Crippen molar-refractivity contribution in [1.29, 1.82) is 0 Å². The van der Waals surface area contributed by atoms with Gasteiger partial charge in [0.05, 0.1) is 6.61 Å². The second kappa shape index (κ2) is 10.2. The second-order valence-electron chi connectivity index (χ2n) is 5.12. The second-order valence-corrected chi connectivity index (χ2v) is 5.12. The lowest BCUT2D eigenvalue weighted by Gasteiger charge is -2.13. The van der Waals surface area contributed by atoms with Crippen molar-refractivity contribution < 1.29 is 9.53 Å². The number of hydrogen-bond acceptors (Lipinski definition) is 2. The van der Waals surface area contributed by atoms with Gasteiger partial charge >= 0.3 is 5.97 Å². The number of ether oxygens (including phenoxy) is 1. The Morgan fingerprint density at radius 2 is 1.95 bits per heavy atom. The van der Waals surface area contributed by atoms with E-state index in [-0.39, 0.29) is 5.97 Å². The summed E-state index contributed by atoms with van der Waals surface area (Å²) in [5.74, 6) is 0.431. The Morgan fingerprint density at radius 1 is 1.20 bits per heavy atom. The van der Waals surface area contributed by atoms with E-state index in [0.29, 0.717) is 12.5 Å². The Labute approximate surface area is 122 Å². The molecule has 110 valence electrons. The monoisotopic (exact) mass is 274 g/mol. The van der Waals surface area contributed by atoms with Gasteiger partial charge in [-0.25, -0.2) is 4.79 Å². The third-order valence-corrected chi connectivity index (χ3v) is 3.53. The van der Waals surface area contributed by atoms with Crippen LogP contribution in [0.5, 0.6) is 0 Å². The number of carbonyl (C=O) groups is 1. The van der Waals surface area contributed by atoms with Crippen molar-refractivity contribution in [1.82, 2.24) is 0 Å². The van der Waals surface area contributed by atoms with E-state index in [4.69, 9.17) is 4.74 Å². The third kappa shape index (κ3) is 7.13. The molecule has 0 aliphatic rings. The molecule has 1 unspecified atom stereocenters. The Kier molecular flexibility index (Phi) is 8.44. The van der Waals surface area contributed by atoms with Crippen molar-refractivity contribution in [3.63, 3.8) is 0 Å². The van der Waals surface area contributed by atoms with Gasteiger partial charge in [-0.15, -0.1) is 0 Å². The van der Waals surface area contributed by atoms with E-state index in [1.54, 1.807) is 6.08 Å². The quantitative estimate of drug-likeness (QED) is 0.475. The maximum Gasteiger partial charge on any atom is 0.330 e. The fraction of sp³-hybridized carbons (Fsp3) is 0.500. The molecule has 1 aromatic carbocycles. The molecule has 0 radical (unpaired) electrons. The van der Waals surface area contributed by atoms with E-state index < -0.39 is 0 Å². The van der Waals surface area contributed by atoms with Gasteiger partial charge in [0.25, 0.3) is 0 Å². The molecule has 20 heavy (non-hydrogen) atoms. The minimum Gasteiger partial charge on any atom is -0.463 e. The molecule has 0 fully saturated rings. The van der Waals surface area contributed by atoms with Gasteiger partial charge < -0.3 is 4.74 Å². The van der Waals surface area contributed by atoms with Crippen LogP contribution in [0.3, 0.4) is 0 Å². The lowest BCUT2D eigenvalue weighted by molar-refractivity contribution is -0.138. The average molecular weight is 274 g/mol. The van der Waals surface area contributed by atoms with Crippen LogP contribution in [0.2, 0.25) is 0 Å². The number of hydrogen-bond donors (Lipinski definition) is 0. The van der Waals surface area contributed by atoms with Crippen LogP contribution in [-0.2, 0) is 9.53 Å². The summed E-state index contributed by atoms with van der Waals surface area (Å²) in [5.41, 5.74) is 1.01. The van der Waals surface area contributed by atoms with Gasteiger partial charge in [0.1, 0.15) is 0 Å². The first kappa shape index (κ1) is 16.5. The largest absolute Gasteiger partial charge is 0.463 e. The van der Waals surface area contributed by atoms with Gasteiger partial charge in [-0.3, -0.25) is 0 Å². The average Bonchev–Trinajstić information content (AvgIpc) is 2.49. The molecule has 0 spiro atoms. The van der Waals surface area contributed by atoms with E-state index in [1.807, 2.05) is 30.3 Å². The smallest absolute Gasteiger partial charge is 0.330 e. The van der Waals surface area contributed by atoms with Gasteiger partial charge in [0.15, 0.2) is 0 Å². The van der Waals surface area contributed by atoms with Crippen LogP contribution in [0.4, 0.5) is 0 Å². The molecule has 0 saturated carbocycles. The normalized spacial score (nSPS) is 12.5. The fourth-order valence-electron chi connectivity index (χ4n) is 2.15. The number of benzene rings is 1. The molecule has 2 nitrogen and oxygen atoms in total. The summed E-state index contributed by atoms with van der Waals surface area (Å²) >= 11 is 0. The topological polar surface area (TPSA) is 26.3 Å². The third-order valence-electron chi connectivity index (χ3n) is 3.53. The number of unbranched alkanes of at least 4 members (excludes halogenated alkanes) is 1. The summed E-state index contributed by atoms with van der Waals surface area (Å²) < 4.78 is 5.25. The zero-order valence-electron chi connectivity index (χ0n) is 12.7. The molecule has 0 heterocycles. The van der Waals surface area contributed by atoms with E-state index in [1.165, 1.54) is 25.3 Å². The number of esters is 1. The summed E-state index contributed by atoms with van der Waals surface area (Å²) in [4.78, 5) is 11.6. The summed E-state index contributed by atoms with van der Waals surface area (Å²) in [6.07, 6.45) is 9.17. The number of carbonyl (C=O) groups excluding carboxylic acids is 1. The molecule has 0 bridgehead atoms. The van der Waals surface area contributed by atoms with E-state index in [2.05, 4.69) is 13.8 Å². The molecule has 0 aliphatic carbocycles. The van der Waals surface area contributed by atoms with Gasteiger partial charge in [-0.05, 0) is 24.0 Å². The molecule has 0 amide bonds. The highest BCUT2D eigenvalue weighted by molar-refractivity contribution is 5.86. The molecule has 1 rings (SSSR count). The van der Waals surface area contributed by atoms with Crippen molar-refractivity contribution in [2.45, 2.75) is 46.0 Å². The standard InChI is InChI=1S/C18H26O2/c1-3-5-9-16(4-2)14-15-20-18(19)13-12-17-10-7-6-8-11-17/h6-8,10-13,16H,3-5,9,14-15H2,1-2H3. The van der Waals surface area contributed by atoms with Crippen molar-refractivity contribution in [3.8, 4) is 0 Å². The summed E-state index contributed by atoms with van der Waals surface area (Å²) in [7, 11) is 0. The van der Waals surface area contributed by atoms with Crippen molar-refractivity contribution in [2.24, 2.45) is 5.92 Å². The molecule has 0 aliphatic heterocycles. The Balaban J connectivity index is 2.24. The van der Waals surface area contributed by atoms with Crippen LogP contribution >= 0.6 is 0 Å². The molecule has 0 N–H and O–H groups in total. The summed E-state index contributed by atoms with van der Waals surface area (Å²) in [6, 6.07) is 9.77. The van der Waals surface area contributed by atoms with Crippen LogP contribution < -0.4 is 0 Å². The van der Waals surface area contributed by atoms with Gasteiger partial charge in [0, 0.05) is 6.08 Å². The molecule has 0 saturated heterocycles. The maximum atomic E-state index is 11.6. The SMILES string of the molecule is CCCCC(CC)CCOC(=O)C=Cc1ccccc1. The first-order valence-corrected chi connectivity index (χ1v) is 7.66. The van der Waals surface area contributed by atoms with Gasteiger partial charge in [-0.2, -0.15) is 0 Å². The van der Waals surface area contributed by atoms with Crippen LogP contribution in [0, 0.1) is 5.92 Å². The molecule has 1 atom stereocenters. The highest BCUT2D eigenvalue weighted by atomic mass is 16.5. The molecule has 1 aromatic rings. The van der Waals surface area contributed by atoms with Crippen molar-refractivity contribution in [3.05, 3.63) is 42.0 Å². The zero-order chi connectivity index (χ0) is 14.6. The predicted octanol–water partition coefficient (Wildman–Crippen LogP) is 4.85. The van der Waals surface area contributed by atoms with Crippen LogP contribution in [0.15, 0.2) is 36.4 Å². The van der Waals surface area contributed by atoms with E-state index in [9.17, 15) is 4.79 Å². The lowest BCUT2D eigenvalue weighted by atomic mass is 9.96. The first-order valence-electron chi connectivity index (χ1n) is 7.66. The van der Waals surface area contributed by atoms with E-state index >= 15 is 0 Å². The Bertz CT molecular complexity index is 395. The van der Waals surface area contributed by atoms with Gasteiger partial charge in [-0.1, -0.05) is 69.9 Å².